The van der Waals surface area contributed by atoms with Crippen LogP contribution in [0.15, 0.2) is 54.6 Å². The van der Waals surface area contributed by atoms with E-state index in [-0.39, 0.29) is 0 Å². The molecule has 25 heavy (non-hydrogen) atoms. The predicted octanol–water partition coefficient (Wildman–Crippen LogP) is 1.07. The number of carbonyl (C=O) groups is 2. The second-order valence-electron chi connectivity index (χ2n) is 5.36. The van der Waals surface area contributed by atoms with E-state index in [1.807, 2.05) is 30.3 Å². The van der Waals surface area contributed by atoms with Gasteiger partial charge in [0.25, 0.3) is 11.8 Å². The van der Waals surface area contributed by atoms with Gasteiger partial charge in [-0.3, -0.25) is 14.8 Å². The third kappa shape index (κ3) is 5.18. The van der Waals surface area contributed by atoms with Crippen LogP contribution in [-0.2, 0) is 4.79 Å². The largest absolute Gasteiger partial charge is 0.391 e. The Morgan fingerprint density at radius 2 is 1.52 bits per heavy atom. The molecule has 0 aliphatic carbocycles. The third-order valence-corrected chi connectivity index (χ3v) is 3.43. The second-order valence-corrected chi connectivity index (χ2v) is 5.36. The zero-order chi connectivity index (χ0) is 18.2. The van der Waals surface area contributed by atoms with Gasteiger partial charge >= 0.3 is 0 Å². The number of benzene rings is 2. The SMILES string of the molecule is C[C@@H](O)[C@H](NC(=O)c1ccc(C#Cc2ccccc2)cc1)C(=O)NO. The summed E-state index contributed by atoms with van der Waals surface area (Å²) in [5.74, 6) is 4.57. The fourth-order valence-corrected chi connectivity index (χ4v) is 2.07. The summed E-state index contributed by atoms with van der Waals surface area (Å²) in [6.07, 6.45) is -1.16. The van der Waals surface area contributed by atoms with Crippen molar-refractivity contribution in [3.63, 3.8) is 0 Å². The van der Waals surface area contributed by atoms with Crippen molar-refractivity contribution in [3.05, 3.63) is 71.3 Å². The van der Waals surface area contributed by atoms with Crippen LogP contribution in [0.2, 0.25) is 0 Å². The van der Waals surface area contributed by atoms with Crippen molar-refractivity contribution in [2.45, 2.75) is 19.1 Å². The lowest BCUT2D eigenvalue weighted by atomic mass is 10.1. The number of amides is 2. The molecular weight excluding hydrogens is 320 g/mol. The standard InChI is InChI=1S/C19H18N2O4/c1-13(22)17(19(24)21-25)20-18(23)16-11-9-15(10-12-16)8-7-14-5-3-2-4-6-14/h2-6,9-13,17,22,25H,1H3,(H,20,23)(H,21,24)/t13-,17+/m1/s1. The summed E-state index contributed by atoms with van der Waals surface area (Å²) in [4.78, 5) is 23.6. The predicted molar refractivity (Wildman–Crippen MR) is 91.7 cm³/mol. The molecule has 2 atom stereocenters. The van der Waals surface area contributed by atoms with Crippen LogP contribution in [0.1, 0.15) is 28.4 Å². The molecule has 4 N–H and O–H groups in total. The Morgan fingerprint density at radius 1 is 0.960 bits per heavy atom. The zero-order valence-corrected chi connectivity index (χ0v) is 13.6. The van der Waals surface area contributed by atoms with Crippen molar-refractivity contribution in [1.82, 2.24) is 10.8 Å². The minimum absolute atomic E-state index is 0.307. The van der Waals surface area contributed by atoms with Crippen molar-refractivity contribution in [2.75, 3.05) is 0 Å². The maximum atomic E-state index is 12.2. The van der Waals surface area contributed by atoms with Crippen molar-refractivity contribution >= 4 is 11.8 Å². The maximum Gasteiger partial charge on any atom is 0.268 e. The molecule has 6 heteroatoms. The first-order valence-electron chi connectivity index (χ1n) is 7.61. The molecule has 0 aliphatic rings. The van der Waals surface area contributed by atoms with Crippen molar-refractivity contribution in [3.8, 4) is 11.8 Å². The molecule has 2 aromatic rings. The summed E-state index contributed by atoms with van der Waals surface area (Å²) >= 11 is 0. The van der Waals surface area contributed by atoms with E-state index in [1.54, 1.807) is 24.3 Å². The summed E-state index contributed by atoms with van der Waals surface area (Å²) in [6.45, 7) is 1.34. The van der Waals surface area contributed by atoms with Crippen LogP contribution in [0.4, 0.5) is 0 Å². The third-order valence-electron chi connectivity index (χ3n) is 3.43. The number of hydrogen-bond acceptors (Lipinski definition) is 4. The van der Waals surface area contributed by atoms with Gasteiger partial charge in [0.15, 0.2) is 0 Å². The average molecular weight is 338 g/mol. The van der Waals surface area contributed by atoms with E-state index < -0.39 is 24.0 Å². The fourth-order valence-electron chi connectivity index (χ4n) is 2.07. The van der Waals surface area contributed by atoms with Crippen LogP contribution in [0.25, 0.3) is 0 Å². The maximum absolute atomic E-state index is 12.2. The number of rotatable bonds is 4. The molecule has 2 aromatic carbocycles. The molecule has 2 rings (SSSR count). The Bertz CT molecular complexity index is 790. The van der Waals surface area contributed by atoms with Crippen LogP contribution in [-0.4, -0.2) is 34.3 Å². The number of aliphatic hydroxyl groups is 1. The average Bonchev–Trinajstić information content (AvgIpc) is 2.64. The molecule has 0 saturated carbocycles. The second kappa shape index (κ2) is 8.64. The number of aliphatic hydroxyl groups excluding tert-OH is 1. The normalized spacial score (nSPS) is 12.3. The summed E-state index contributed by atoms with van der Waals surface area (Å²) in [5, 5.41) is 20.5. The van der Waals surface area contributed by atoms with Gasteiger partial charge < -0.3 is 10.4 Å². The molecule has 128 valence electrons. The van der Waals surface area contributed by atoms with E-state index in [2.05, 4.69) is 17.2 Å². The van der Waals surface area contributed by atoms with Gasteiger partial charge in [0.05, 0.1) is 6.10 Å². The Hall–Kier alpha value is -3.14. The van der Waals surface area contributed by atoms with E-state index >= 15 is 0 Å². The summed E-state index contributed by atoms with van der Waals surface area (Å²) in [6, 6.07) is 14.8. The first-order chi connectivity index (χ1) is 12.0. The van der Waals surface area contributed by atoms with Crippen LogP contribution in [0, 0.1) is 11.8 Å². The topological polar surface area (TPSA) is 98.7 Å². The smallest absolute Gasteiger partial charge is 0.268 e. The van der Waals surface area contributed by atoms with Gasteiger partial charge in [0.2, 0.25) is 0 Å². The molecule has 0 heterocycles. The van der Waals surface area contributed by atoms with E-state index in [1.165, 1.54) is 12.4 Å². The first-order valence-corrected chi connectivity index (χ1v) is 7.61. The summed E-state index contributed by atoms with van der Waals surface area (Å²) < 4.78 is 0. The van der Waals surface area contributed by atoms with Gasteiger partial charge in [-0.1, -0.05) is 30.0 Å². The van der Waals surface area contributed by atoms with Gasteiger partial charge in [-0.05, 0) is 43.3 Å². The Morgan fingerprint density at radius 3 is 2.04 bits per heavy atom. The highest BCUT2D eigenvalue weighted by Crippen LogP contribution is 2.05. The molecule has 0 aromatic heterocycles. The molecule has 6 nitrogen and oxygen atoms in total. The number of carbonyl (C=O) groups excluding carboxylic acids is 2. The molecule has 0 saturated heterocycles. The van der Waals surface area contributed by atoms with Crippen LogP contribution >= 0.6 is 0 Å². The lowest BCUT2D eigenvalue weighted by Gasteiger charge is -2.19. The monoisotopic (exact) mass is 338 g/mol. The minimum Gasteiger partial charge on any atom is -0.391 e. The van der Waals surface area contributed by atoms with Crippen molar-refractivity contribution in [1.29, 1.82) is 0 Å². The number of hydrogen-bond donors (Lipinski definition) is 4. The van der Waals surface area contributed by atoms with Gasteiger partial charge in [-0.25, -0.2) is 5.48 Å². The summed E-state index contributed by atoms with van der Waals surface area (Å²) in [7, 11) is 0. The van der Waals surface area contributed by atoms with Crippen LogP contribution < -0.4 is 10.8 Å². The lowest BCUT2D eigenvalue weighted by molar-refractivity contribution is -0.133. The van der Waals surface area contributed by atoms with E-state index in [4.69, 9.17) is 5.21 Å². The van der Waals surface area contributed by atoms with Crippen molar-refractivity contribution in [2.24, 2.45) is 0 Å². The quantitative estimate of drug-likeness (QED) is 0.381. The van der Waals surface area contributed by atoms with Gasteiger partial charge in [-0.15, -0.1) is 0 Å². The van der Waals surface area contributed by atoms with Crippen LogP contribution in [0.3, 0.4) is 0 Å². The molecule has 2 amide bonds. The van der Waals surface area contributed by atoms with E-state index in [9.17, 15) is 14.7 Å². The zero-order valence-electron chi connectivity index (χ0n) is 13.6. The number of nitrogens with one attached hydrogen (secondary N) is 2. The molecular formula is C19H18N2O4. The van der Waals surface area contributed by atoms with E-state index in [0.29, 0.717) is 5.56 Å². The fraction of sp³-hybridized carbons (Fsp3) is 0.158. The highest BCUT2D eigenvalue weighted by atomic mass is 16.5. The van der Waals surface area contributed by atoms with Gasteiger partial charge in [-0.2, -0.15) is 0 Å². The van der Waals surface area contributed by atoms with Crippen molar-refractivity contribution < 1.29 is 19.9 Å². The minimum atomic E-state index is -1.25. The lowest BCUT2D eigenvalue weighted by Crippen LogP contribution is -2.51. The summed E-state index contributed by atoms with van der Waals surface area (Å²) in [5.41, 5.74) is 3.34. The number of hydroxylamine groups is 1. The van der Waals surface area contributed by atoms with E-state index in [0.717, 1.165) is 11.1 Å². The van der Waals surface area contributed by atoms with Gasteiger partial charge in [0.1, 0.15) is 6.04 Å². The molecule has 0 radical (unpaired) electrons. The highest BCUT2D eigenvalue weighted by Gasteiger charge is 2.25. The van der Waals surface area contributed by atoms with Gasteiger partial charge in [0, 0.05) is 16.7 Å². The molecule has 0 fully saturated rings. The Labute approximate surface area is 145 Å². The Kier molecular flexibility index (Phi) is 6.29. The molecule has 0 unspecified atom stereocenters. The molecule has 0 bridgehead atoms. The Balaban J connectivity index is 2.07. The molecule has 0 spiro atoms. The highest BCUT2D eigenvalue weighted by molar-refractivity contribution is 5.97. The van der Waals surface area contributed by atoms with Crippen LogP contribution in [0.5, 0.6) is 0 Å². The molecule has 0 aliphatic heterocycles. The first kappa shape index (κ1) is 18.2.